The Hall–Kier alpha value is -3.13. The van der Waals surface area contributed by atoms with Gasteiger partial charge in [-0.2, -0.15) is 0 Å². The SMILES string of the molecule is COc1cc(OC)cc(C(=O)N2CC[NH+](Cc3ccc([N+](=O)[O-])cc3)CC2)c1. The Morgan fingerprint density at radius 2 is 1.64 bits per heavy atom. The van der Waals surface area contributed by atoms with Gasteiger partial charge in [0, 0.05) is 29.3 Å². The van der Waals surface area contributed by atoms with Crippen LogP contribution in [0.25, 0.3) is 0 Å². The van der Waals surface area contributed by atoms with Gasteiger partial charge in [-0.05, 0) is 24.3 Å². The molecular formula is C20H24N3O5+. The second-order valence-corrected chi connectivity index (χ2v) is 6.74. The first kappa shape index (κ1) is 19.6. The lowest BCUT2D eigenvalue weighted by molar-refractivity contribution is -0.917. The molecule has 0 aliphatic carbocycles. The minimum absolute atomic E-state index is 0.0356. The molecule has 0 unspecified atom stereocenters. The summed E-state index contributed by atoms with van der Waals surface area (Å²) in [4.78, 5) is 26.4. The molecule has 8 nitrogen and oxygen atoms in total. The highest BCUT2D eigenvalue weighted by atomic mass is 16.6. The van der Waals surface area contributed by atoms with E-state index in [-0.39, 0.29) is 11.6 Å². The number of nitro groups is 1. The minimum atomic E-state index is -0.394. The maximum Gasteiger partial charge on any atom is 0.269 e. The van der Waals surface area contributed by atoms with E-state index in [1.165, 1.54) is 17.0 Å². The fourth-order valence-electron chi connectivity index (χ4n) is 3.34. The highest BCUT2D eigenvalue weighted by Gasteiger charge is 2.25. The number of rotatable bonds is 6. The van der Waals surface area contributed by atoms with Crippen LogP contribution in [-0.2, 0) is 6.54 Å². The molecular weight excluding hydrogens is 362 g/mol. The van der Waals surface area contributed by atoms with Crippen molar-refractivity contribution in [1.29, 1.82) is 0 Å². The number of carbonyl (C=O) groups excluding carboxylic acids is 1. The molecule has 1 amide bonds. The zero-order valence-electron chi connectivity index (χ0n) is 16.0. The molecule has 1 aliphatic rings. The third-order valence-electron chi connectivity index (χ3n) is 4.96. The molecule has 0 aromatic heterocycles. The summed E-state index contributed by atoms with van der Waals surface area (Å²) in [6, 6.07) is 11.8. The fourth-order valence-corrected chi connectivity index (χ4v) is 3.34. The Balaban J connectivity index is 1.59. The lowest BCUT2D eigenvalue weighted by Gasteiger charge is -2.32. The zero-order chi connectivity index (χ0) is 20.1. The van der Waals surface area contributed by atoms with Gasteiger partial charge in [-0.15, -0.1) is 0 Å². The maximum atomic E-state index is 12.8. The van der Waals surface area contributed by atoms with Crippen molar-refractivity contribution >= 4 is 11.6 Å². The molecule has 8 heteroatoms. The van der Waals surface area contributed by atoms with Gasteiger partial charge < -0.3 is 19.3 Å². The molecule has 2 aromatic carbocycles. The van der Waals surface area contributed by atoms with E-state index < -0.39 is 4.92 Å². The van der Waals surface area contributed by atoms with Crippen molar-refractivity contribution in [2.45, 2.75) is 6.54 Å². The third kappa shape index (κ3) is 4.58. The van der Waals surface area contributed by atoms with Gasteiger partial charge in [-0.25, -0.2) is 0 Å². The topological polar surface area (TPSA) is 86.3 Å². The monoisotopic (exact) mass is 386 g/mol. The van der Waals surface area contributed by atoms with E-state index in [0.29, 0.717) is 30.2 Å². The number of carbonyl (C=O) groups is 1. The van der Waals surface area contributed by atoms with Gasteiger partial charge in [0.1, 0.15) is 18.0 Å². The molecule has 148 valence electrons. The number of quaternary nitrogens is 1. The molecule has 1 aliphatic heterocycles. The van der Waals surface area contributed by atoms with Crippen LogP contribution >= 0.6 is 0 Å². The molecule has 0 spiro atoms. The summed E-state index contributed by atoms with van der Waals surface area (Å²) < 4.78 is 10.5. The fraction of sp³-hybridized carbons (Fsp3) is 0.350. The Morgan fingerprint density at radius 3 is 2.14 bits per heavy atom. The number of nitrogens with zero attached hydrogens (tertiary/aromatic N) is 2. The largest absolute Gasteiger partial charge is 0.497 e. The predicted molar refractivity (Wildman–Crippen MR) is 103 cm³/mol. The van der Waals surface area contributed by atoms with Gasteiger partial charge in [0.25, 0.3) is 11.6 Å². The van der Waals surface area contributed by atoms with Gasteiger partial charge in [0.15, 0.2) is 0 Å². The Kier molecular flexibility index (Phi) is 6.10. The highest BCUT2D eigenvalue weighted by molar-refractivity contribution is 5.95. The molecule has 0 saturated carbocycles. The predicted octanol–water partition coefficient (Wildman–Crippen LogP) is 1.15. The summed E-state index contributed by atoms with van der Waals surface area (Å²) in [5, 5.41) is 10.7. The number of benzene rings is 2. The average Bonchev–Trinajstić information content (AvgIpc) is 2.73. The molecule has 0 bridgehead atoms. The summed E-state index contributed by atoms with van der Waals surface area (Å²) in [6.07, 6.45) is 0. The lowest BCUT2D eigenvalue weighted by atomic mass is 10.1. The van der Waals surface area contributed by atoms with E-state index in [1.807, 2.05) is 4.90 Å². The number of nitrogens with one attached hydrogen (secondary N) is 1. The molecule has 1 heterocycles. The molecule has 1 saturated heterocycles. The number of amides is 1. The Labute approximate surface area is 163 Å². The second-order valence-electron chi connectivity index (χ2n) is 6.74. The van der Waals surface area contributed by atoms with Crippen LogP contribution in [-0.4, -0.2) is 56.1 Å². The quantitative estimate of drug-likeness (QED) is 0.595. The number of hydrogen-bond donors (Lipinski definition) is 1. The number of methoxy groups -OCH3 is 2. The highest BCUT2D eigenvalue weighted by Crippen LogP contribution is 2.23. The van der Waals surface area contributed by atoms with E-state index in [4.69, 9.17) is 9.47 Å². The first-order chi connectivity index (χ1) is 13.5. The van der Waals surface area contributed by atoms with Crippen LogP contribution in [0.2, 0.25) is 0 Å². The molecule has 3 rings (SSSR count). The van der Waals surface area contributed by atoms with Crippen molar-refractivity contribution in [3.63, 3.8) is 0 Å². The van der Waals surface area contributed by atoms with Crippen LogP contribution in [0.5, 0.6) is 11.5 Å². The van der Waals surface area contributed by atoms with Crippen molar-refractivity contribution < 1.29 is 24.1 Å². The van der Waals surface area contributed by atoms with E-state index >= 15 is 0 Å². The Bertz CT molecular complexity index is 823. The maximum absolute atomic E-state index is 12.8. The van der Waals surface area contributed by atoms with Gasteiger partial charge in [-0.1, -0.05) is 0 Å². The zero-order valence-corrected chi connectivity index (χ0v) is 16.0. The molecule has 28 heavy (non-hydrogen) atoms. The van der Waals surface area contributed by atoms with Crippen LogP contribution in [0.3, 0.4) is 0 Å². The number of non-ortho nitro benzene ring substituents is 1. The van der Waals surface area contributed by atoms with Crippen molar-refractivity contribution in [1.82, 2.24) is 4.90 Å². The van der Waals surface area contributed by atoms with Gasteiger partial charge >= 0.3 is 0 Å². The average molecular weight is 386 g/mol. The molecule has 0 radical (unpaired) electrons. The van der Waals surface area contributed by atoms with Crippen LogP contribution in [0.4, 0.5) is 5.69 Å². The van der Waals surface area contributed by atoms with E-state index in [9.17, 15) is 14.9 Å². The smallest absolute Gasteiger partial charge is 0.269 e. The number of piperazine rings is 1. The summed E-state index contributed by atoms with van der Waals surface area (Å²) in [6.45, 7) is 3.74. The molecule has 2 aromatic rings. The molecule has 1 N–H and O–H groups in total. The van der Waals surface area contributed by atoms with Crippen LogP contribution in [0.15, 0.2) is 42.5 Å². The van der Waals surface area contributed by atoms with Crippen molar-refractivity contribution in [3.05, 3.63) is 63.7 Å². The van der Waals surface area contributed by atoms with Gasteiger partial charge in [0.2, 0.25) is 0 Å². The standard InChI is InChI=1S/C20H23N3O5/c1-27-18-11-16(12-19(13-18)28-2)20(24)22-9-7-21(8-10-22)14-15-3-5-17(6-4-15)23(25)26/h3-6,11-13H,7-10,14H2,1-2H3/p+1. The first-order valence-electron chi connectivity index (χ1n) is 9.09. The van der Waals surface area contributed by atoms with Crippen LogP contribution in [0.1, 0.15) is 15.9 Å². The number of hydrogen-bond acceptors (Lipinski definition) is 5. The van der Waals surface area contributed by atoms with Crippen molar-refractivity contribution in [3.8, 4) is 11.5 Å². The molecule has 0 atom stereocenters. The lowest BCUT2D eigenvalue weighted by Crippen LogP contribution is -3.13. The Morgan fingerprint density at radius 1 is 1.07 bits per heavy atom. The summed E-state index contributed by atoms with van der Waals surface area (Å²) >= 11 is 0. The second kappa shape index (κ2) is 8.71. The van der Waals surface area contributed by atoms with Crippen molar-refractivity contribution in [2.24, 2.45) is 0 Å². The van der Waals surface area contributed by atoms with Gasteiger partial charge in [-0.3, -0.25) is 14.9 Å². The van der Waals surface area contributed by atoms with E-state index in [1.54, 1.807) is 44.6 Å². The van der Waals surface area contributed by atoms with E-state index in [0.717, 1.165) is 25.2 Å². The summed E-state index contributed by atoms with van der Waals surface area (Å²) in [7, 11) is 3.12. The number of nitro benzene ring substituents is 1. The van der Waals surface area contributed by atoms with Crippen LogP contribution < -0.4 is 14.4 Å². The number of ether oxygens (including phenoxy) is 2. The third-order valence-corrected chi connectivity index (χ3v) is 4.96. The van der Waals surface area contributed by atoms with Crippen LogP contribution in [0, 0.1) is 10.1 Å². The summed E-state index contributed by atoms with van der Waals surface area (Å²) in [5.74, 6) is 1.14. The van der Waals surface area contributed by atoms with E-state index in [2.05, 4.69) is 0 Å². The minimum Gasteiger partial charge on any atom is -0.497 e. The van der Waals surface area contributed by atoms with Gasteiger partial charge in [0.05, 0.1) is 45.3 Å². The normalized spacial score (nSPS) is 14.6. The summed E-state index contributed by atoms with van der Waals surface area (Å²) in [5.41, 5.74) is 1.70. The first-order valence-corrected chi connectivity index (χ1v) is 9.09. The van der Waals surface area contributed by atoms with Crippen molar-refractivity contribution in [2.75, 3.05) is 40.4 Å². The molecule has 1 fully saturated rings.